The third-order valence-corrected chi connectivity index (χ3v) is 14.9. The molecule has 2 heterocycles. The molecule has 0 bridgehead atoms. The average Bonchev–Trinajstić information content (AvgIpc) is 4.01. The van der Waals surface area contributed by atoms with Gasteiger partial charge in [-0.1, -0.05) is 182 Å². The molecular formula is C72H49N3. The summed E-state index contributed by atoms with van der Waals surface area (Å²) in [5.74, 6) is 0. The Morgan fingerprint density at radius 1 is 0.187 bits per heavy atom. The number of nitrogens with zero attached hydrogens (tertiary/aromatic N) is 3. The van der Waals surface area contributed by atoms with E-state index in [1.165, 1.54) is 77.0 Å². The van der Waals surface area contributed by atoms with Gasteiger partial charge in [-0.25, -0.2) is 0 Å². The van der Waals surface area contributed by atoms with Crippen LogP contribution in [0, 0.1) is 0 Å². The molecule has 0 aliphatic rings. The molecule has 0 amide bonds. The second kappa shape index (κ2) is 18.6. The minimum atomic E-state index is 1.09. The summed E-state index contributed by atoms with van der Waals surface area (Å²) in [6.07, 6.45) is 0. The van der Waals surface area contributed by atoms with Crippen molar-refractivity contribution >= 4 is 60.7 Å². The fourth-order valence-corrected chi connectivity index (χ4v) is 11.3. The highest BCUT2D eigenvalue weighted by Crippen LogP contribution is 2.42. The van der Waals surface area contributed by atoms with Crippen LogP contribution in [0.2, 0.25) is 0 Å². The molecule has 0 saturated carbocycles. The van der Waals surface area contributed by atoms with Gasteiger partial charge >= 0.3 is 0 Å². The smallest absolute Gasteiger partial charge is 0.0541 e. The molecule has 14 rings (SSSR count). The van der Waals surface area contributed by atoms with Crippen LogP contribution in [0.15, 0.2) is 297 Å². The SMILES string of the molecule is c1ccc(-c2ccc(N(c3ccccc3)c3ccc(-c4cc(-c5ccc6c(c5)c5ccccc5n6-c5ccccc5)cc(-c5ccc6c(c5)c5ccccc5n6-c5ccc(-c6ccccc6)cc5)c4)cc3)cc2)cc1. The maximum Gasteiger partial charge on any atom is 0.0541 e. The van der Waals surface area contributed by atoms with Gasteiger partial charge in [-0.05, 0) is 171 Å². The van der Waals surface area contributed by atoms with E-state index in [2.05, 4.69) is 311 Å². The molecule has 75 heavy (non-hydrogen) atoms. The molecule has 3 nitrogen and oxygen atoms in total. The predicted molar refractivity (Wildman–Crippen MR) is 317 cm³/mol. The molecule has 0 aliphatic carbocycles. The van der Waals surface area contributed by atoms with E-state index in [-0.39, 0.29) is 0 Å². The number of fused-ring (bicyclic) bond motifs is 6. The summed E-state index contributed by atoms with van der Waals surface area (Å²) in [6.45, 7) is 0. The van der Waals surface area contributed by atoms with Gasteiger partial charge in [0.05, 0.1) is 22.1 Å². The van der Waals surface area contributed by atoms with E-state index in [1.54, 1.807) is 0 Å². The van der Waals surface area contributed by atoms with Gasteiger partial charge in [-0.15, -0.1) is 0 Å². The number of anilines is 3. The van der Waals surface area contributed by atoms with Crippen LogP contribution in [0.1, 0.15) is 0 Å². The van der Waals surface area contributed by atoms with E-state index < -0.39 is 0 Å². The largest absolute Gasteiger partial charge is 0.311 e. The maximum atomic E-state index is 2.41. The van der Waals surface area contributed by atoms with Crippen LogP contribution in [-0.2, 0) is 0 Å². The lowest BCUT2D eigenvalue weighted by Crippen LogP contribution is -2.09. The molecule has 12 aromatic carbocycles. The number of rotatable bonds is 10. The highest BCUT2D eigenvalue weighted by atomic mass is 15.1. The zero-order valence-corrected chi connectivity index (χ0v) is 41.1. The molecule has 0 spiro atoms. The third-order valence-electron chi connectivity index (χ3n) is 14.9. The Hall–Kier alpha value is -9.96. The molecule has 0 unspecified atom stereocenters. The molecular weight excluding hydrogens is 907 g/mol. The number of benzene rings is 12. The number of para-hydroxylation sites is 4. The second-order valence-corrected chi connectivity index (χ2v) is 19.3. The molecule has 3 heteroatoms. The van der Waals surface area contributed by atoms with Crippen molar-refractivity contribution in [2.45, 2.75) is 0 Å². The first kappa shape index (κ1) is 43.8. The van der Waals surface area contributed by atoms with E-state index in [1.807, 2.05) is 0 Å². The highest BCUT2D eigenvalue weighted by molar-refractivity contribution is 6.12. The van der Waals surface area contributed by atoms with Gasteiger partial charge < -0.3 is 14.0 Å². The Labute approximate surface area is 436 Å². The number of hydrogen-bond donors (Lipinski definition) is 0. The molecule has 2 aromatic heterocycles. The molecule has 0 fully saturated rings. The molecule has 14 aromatic rings. The van der Waals surface area contributed by atoms with Crippen molar-refractivity contribution in [1.29, 1.82) is 0 Å². The molecule has 0 N–H and O–H groups in total. The van der Waals surface area contributed by atoms with Crippen LogP contribution in [0.4, 0.5) is 17.1 Å². The zero-order chi connectivity index (χ0) is 49.7. The summed E-state index contributed by atoms with van der Waals surface area (Å²) in [4.78, 5) is 2.34. The van der Waals surface area contributed by atoms with Gasteiger partial charge in [0.15, 0.2) is 0 Å². The van der Waals surface area contributed by atoms with Crippen LogP contribution in [0.25, 0.3) is 111 Å². The summed E-state index contributed by atoms with van der Waals surface area (Å²) >= 11 is 0. The van der Waals surface area contributed by atoms with Crippen LogP contribution >= 0.6 is 0 Å². The van der Waals surface area contributed by atoms with E-state index in [9.17, 15) is 0 Å². The molecule has 352 valence electrons. The van der Waals surface area contributed by atoms with Crippen molar-refractivity contribution in [2.24, 2.45) is 0 Å². The second-order valence-electron chi connectivity index (χ2n) is 19.3. The first-order chi connectivity index (χ1) is 37.2. The molecule has 0 atom stereocenters. The summed E-state index contributed by atoms with van der Waals surface area (Å²) < 4.78 is 4.79. The van der Waals surface area contributed by atoms with E-state index in [0.29, 0.717) is 0 Å². The first-order valence-corrected chi connectivity index (χ1v) is 25.7. The topological polar surface area (TPSA) is 13.1 Å². The van der Waals surface area contributed by atoms with Crippen molar-refractivity contribution in [2.75, 3.05) is 4.90 Å². The first-order valence-electron chi connectivity index (χ1n) is 25.7. The Morgan fingerprint density at radius 3 is 0.960 bits per heavy atom. The van der Waals surface area contributed by atoms with Crippen molar-refractivity contribution in [3.8, 4) is 67.0 Å². The Morgan fingerprint density at radius 2 is 0.493 bits per heavy atom. The van der Waals surface area contributed by atoms with Crippen molar-refractivity contribution < 1.29 is 0 Å². The standard InChI is InChI=1S/C72H49N3/c1-5-17-50(18-6-1)52-29-37-62(38-30-52)73(60-21-9-3-10-22-60)63-39-33-54(34-40-63)57-45-58(55-35-43-71-67(48-55)65-25-13-15-27-69(65)74(71)61-23-11-4-12-24-61)47-59(46-57)56-36-44-72-68(49-56)66-26-14-16-28-70(66)75(72)64-41-31-53(32-42-64)51-19-7-2-8-20-51/h1-49H. The van der Waals surface area contributed by atoms with Gasteiger partial charge in [-0.3, -0.25) is 0 Å². The van der Waals surface area contributed by atoms with Gasteiger partial charge in [0.1, 0.15) is 0 Å². The van der Waals surface area contributed by atoms with Crippen LogP contribution < -0.4 is 4.90 Å². The summed E-state index contributed by atoms with van der Waals surface area (Å²) in [5.41, 5.74) is 22.1. The predicted octanol–water partition coefficient (Wildman–Crippen LogP) is 19.7. The summed E-state index contributed by atoms with van der Waals surface area (Å²) in [7, 11) is 0. The lowest BCUT2D eigenvalue weighted by Gasteiger charge is -2.26. The van der Waals surface area contributed by atoms with E-state index >= 15 is 0 Å². The summed E-state index contributed by atoms with van der Waals surface area (Å²) in [6, 6.07) is 108. The number of aromatic nitrogens is 2. The summed E-state index contributed by atoms with van der Waals surface area (Å²) in [5, 5.41) is 4.91. The van der Waals surface area contributed by atoms with E-state index in [0.717, 1.165) is 50.7 Å². The highest BCUT2D eigenvalue weighted by Gasteiger charge is 2.18. The Kier molecular flexibility index (Phi) is 10.8. The Bertz CT molecular complexity index is 4350. The molecule has 0 radical (unpaired) electrons. The quantitative estimate of drug-likeness (QED) is 0.133. The van der Waals surface area contributed by atoms with Crippen LogP contribution in [0.5, 0.6) is 0 Å². The van der Waals surface area contributed by atoms with Gasteiger partial charge in [0.2, 0.25) is 0 Å². The fourth-order valence-electron chi connectivity index (χ4n) is 11.3. The van der Waals surface area contributed by atoms with Crippen LogP contribution in [-0.4, -0.2) is 9.13 Å². The molecule has 0 saturated heterocycles. The van der Waals surface area contributed by atoms with Crippen molar-refractivity contribution in [1.82, 2.24) is 9.13 Å². The normalized spacial score (nSPS) is 11.5. The number of hydrogen-bond acceptors (Lipinski definition) is 1. The maximum absolute atomic E-state index is 2.41. The Balaban J connectivity index is 0.905. The average molecular weight is 956 g/mol. The van der Waals surface area contributed by atoms with Gasteiger partial charge in [-0.2, -0.15) is 0 Å². The minimum absolute atomic E-state index is 1.09. The zero-order valence-electron chi connectivity index (χ0n) is 41.1. The van der Waals surface area contributed by atoms with Crippen molar-refractivity contribution in [3.63, 3.8) is 0 Å². The lowest BCUT2D eigenvalue weighted by molar-refractivity contribution is 1.18. The lowest BCUT2D eigenvalue weighted by atomic mass is 9.92. The minimum Gasteiger partial charge on any atom is -0.311 e. The monoisotopic (exact) mass is 955 g/mol. The third kappa shape index (κ3) is 7.95. The van der Waals surface area contributed by atoms with Crippen molar-refractivity contribution in [3.05, 3.63) is 297 Å². The van der Waals surface area contributed by atoms with E-state index in [4.69, 9.17) is 0 Å². The van der Waals surface area contributed by atoms with Gasteiger partial charge in [0, 0.05) is 50.0 Å². The van der Waals surface area contributed by atoms with Gasteiger partial charge in [0.25, 0.3) is 0 Å². The van der Waals surface area contributed by atoms with Crippen LogP contribution in [0.3, 0.4) is 0 Å². The fraction of sp³-hybridized carbons (Fsp3) is 0. The molecule has 0 aliphatic heterocycles.